The maximum absolute atomic E-state index is 12.6. The molecule has 0 saturated heterocycles. The van der Waals surface area contributed by atoms with Gasteiger partial charge in [-0.15, -0.1) is 0 Å². The van der Waals surface area contributed by atoms with Crippen molar-refractivity contribution in [2.24, 2.45) is 0 Å². The molecule has 1 aromatic heterocycles. The van der Waals surface area contributed by atoms with E-state index < -0.39 is 29.4 Å². The van der Waals surface area contributed by atoms with Crippen LogP contribution in [0.2, 0.25) is 0 Å². The minimum absolute atomic E-state index is 0.0263. The van der Waals surface area contributed by atoms with E-state index in [1.165, 1.54) is 23.0 Å². The maximum Gasteiger partial charge on any atom is 0.407 e. The number of aromatic nitrogens is 1. The molecule has 0 unspecified atom stereocenters. The summed E-state index contributed by atoms with van der Waals surface area (Å²) in [4.78, 5) is 47.4. The van der Waals surface area contributed by atoms with Crippen LogP contribution in [0.3, 0.4) is 0 Å². The fourth-order valence-electron chi connectivity index (χ4n) is 4.29. The van der Waals surface area contributed by atoms with Crippen molar-refractivity contribution < 1.29 is 29.2 Å². The molecule has 186 valence electrons. The van der Waals surface area contributed by atoms with Crippen molar-refractivity contribution >= 4 is 23.7 Å². The molecule has 3 aromatic rings. The van der Waals surface area contributed by atoms with Crippen LogP contribution < -0.4 is 5.32 Å². The number of carbonyl (C=O) groups excluding carboxylic acids is 2. The summed E-state index contributed by atoms with van der Waals surface area (Å²) in [7, 11) is 0. The van der Waals surface area contributed by atoms with E-state index in [9.17, 15) is 24.5 Å². The molecule has 4 rings (SSSR count). The molecule has 0 saturated carbocycles. The van der Waals surface area contributed by atoms with Crippen LogP contribution >= 0.6 is 0 Å². The average Bonchev–Trinajstić information content (AvgIpc) is 3.45. The Labute approximate surface area is 206 Å². The molecule has 2 N–H and O–H groups in total. The molecule has 0 bridgehead atoms. The molecule has 1 heterocycles. The number of hydrogen-bond acceptors (Lipinski definition) is 6. The maximum atomic E-state index is 12.6. The zero-order valence-corrected chi connectivity index (χ0v) is 19.2. The lowest BCUT2D eigenvalue weighted by atomic mass is 9.98. The highest BCUT2D eigenvalue weighted by atomic mass is 16.6. The minimum Gasteiger partial charge on any atom is -0.480 e. The molecule has 11 heteroatoms. The van der Waals surface area contributed by atoms with Crippen LogP contribution in [0.4, 0.5) is 10.5 Å². The highest BCUT2D eigenvalue weighted by Gasteiger charge is 2.29. The van der Waals surface area contributed by atoms with E-state index in [1.54, 1.807) is 0 Å². The number of carbonyl (C=O) groups is 3. The van der Waals surface area contributed by atoms with Gasteiger partial charge < -0.3 is 24.6 Å². The fourth-order valence-corrected chi connectivity index (χ4v) is 4.29. The van der Waals surface area contributed by atoms with Crippen molar-refractivity contribution in [2.75, 3.05) is 26.2 Å². The van der Waals surface area contributed by atoms with Gasteiger partial charge >= 0.3 is 12.1 Å². The number of amides is 2. The van der Waals surface area contributed by atoms with Crippen molar-refractivity contribution in [3.05, 3.63) is 88.2 Å². The van der Waals surface area contributed by atoms with Gasteiger partial charge in [-0.3, -0.25) is 19.7 Å². The molecule has 0 fully saturated rings. The Morgan fingerprint density at radius 3 is 2.28 bits per heavy atom. The first-order valence-corrected chi connectivity index (χ1v) is 11.2. The molecule has 1 aliphatic carbocycles. The van der Waals surface area contributed by atoms with Crippen LogP contribution in [0.25, 0.3) is 11.1 Å². The van der Waals surface area contributed by atoms with Gasteiger partial charge in [0, 0.05) is 31.3 Å². The van der Waals surface area contributed by atoms with Crippen LogP contribution in [0.5, 0.6) is 0 Å². The number of ether oxygens (including phenoxy) is 1. The van der Waals surface area contributed by atoms with Gasteiger partial charge in [0.15, 0.2) is 0 Å². The second-order valence-electron chi connectivity index (χ2n) is 8.26. The van der Waals surface area contributed by atoms with Gasteiger partial charge in [0.2, 0.25) is 5.91 Å². The topological polar surface area (TPSA) is 144 Å². The molecule has 0 radical (unpaired) electrons. The number of alkyl carbamates (subject to hydrolysis) is 1. The summed E-state index contributed by atoms with van der Waals surface area (Å²) in [6.07, 6.45) is 1.87. The number of nitrogens with zero attached hydrogens (tertiary/aromatic N) is 3. The minimum atomic E-state index is -1.22. The van der Waals surface area contributed by atoms with E-state index in [1.807, 2.05) is 48.5 Å². The number of aliphatic carboxylic acids is 1. The van der Waals surface area contributed by atoms with E-state index in [-0.39, 0.29) is 37.8 Å². The smallest absolute Gasteiger partial charge is 0.407 e. The monoisotopic (exact) mass is 492 g/mol. The number of nitrogens with one attached hydrogen (secondary N) is 1. The van der Waals surface area contributed by atoms with E-state index in [0.29, 0.717) is 0 Å². The molecule has 0 atom stereocenters. The third-order valence-corrected chi connectivity index (χ3v) is 5.94. The second kappa shape index (κ2) is 10.7. The van der Waals surface area contributed by atoms with Crippen molar-refractivity contribution in [3.8, 4) is 11.1 Å². The van der Waals surface area contributed by atoms with Crippen LogP contribution in [0, 0.1) is 10.1 Å². The summed E-state index contributed by atoms with van der Waals surface area (Å²) >= 11 is 0. The summed E-state index contributed by atoms with van der Waals surface area (Å²) in [5.41, 5.74) is 4.20. The van der Waals surface area contributed by atoms with Crippen LogP contribution in [0.1, 0.15) is 17.0 Å². The van der Waals surface area contributed by atoms with E-state index in [0.717, 1.165) is 27.2 Å². The third kappa shape index (κ3) is 5.52. The van der Waals surface area contributed by atoms with Crippen LogP contribution in [-0.2, 0) is 20.9 Å². The molecular weight excluding hydrogens is 468 g/mol. The summed E-state index contributed by atoms with van der Waals surface area (Å²) < 4.78 is 6.75. The number of rotatable bonds is 10. The number of hydrogen-bond donors (Lipinski definition) is 2. The fraction of sp³-hybridized carbons (Fsp3) is 0.240. The number of benzene rings is 2. The number of nitro groups is 1. The molecule has 2 amide bonds. The summed E-state index contributed by atoms with van der Waals surface area (Å²) in [6, 6.07) is 17.2. The lowest BCUT2D eigenvalue weighted by molar-refractivity contribution is -0.384. The van der Waals surface area contributed by atoms with Gasteiger partial charge in [0.25, 0.3) is 5.69 Å². The molecule has 1 aliphatic rings. The summed E-state index contributed by atoms with van der Waals surface area (Å²) in [6.45, 7) is -0.815. The largest absolute Gasteiger partial charge is 0.480 e. The first-order valence-electron chi connectivity index (χ1n) is 11.2. The van der Waals surface area contributed by atoms with Crippen LogP contribution in [0.15, 0.2) is 67.0 Å². The van der Waals surface area contributed by atoms with Gasteiger partial charge in [-0.2, -0.15) is 0 Å². The van der Waals surface area contributed by atoms with E-state index in [4.69, 9.17) is 9.84 Å². The third-order valence-electron chi connectivity index (χ3n) is 5.94. The lowest BCUT2D eigenvalue weighted by Crippen LogP contribution is -2.42. The quantitative estimate of drug-likeness (QED) is 0.327. The molecule has 36 heavy (non-hydrogen) atoms. The Balaban J connectivity index is 1.30. The zero-order chi connectivity index (χ0) is 25.7. The Morgan fingerprint density at radius 2 is 1.69 bits per heavy atom. The molecular formula is C25H24N4O7. The Bertz CT molecular complexity index is 1260. The molecule has 2 aromatic carbocycles. The normalized spacial score (nSPS) is 11.9. The van der Waals surface area contributed by atoms with Gasteiger partial charge in [0.1, 0.15) is 19.7 Å². The van der Waals surface area contributed by atoms with E-state index >= 15 is 0 Å². The van der Waals surface area contributed by atoms with Gasteiger partial charge in [0.05, 0.1) is 11.1 Å². The Morgan fingerprint density at radius 1 is 1.06 bits per heavy atom. The van der Waals surface area contributed by atoms with Crippen molar-refractivity contribution in [3.63, 3.8) is 0 Å². The van der Waals surface area contributed by atoms with Crippen LogP contribution in [-0.4, -0.2) is 63.7 Å². The molecule has 0 aliphatic heterocycles. The first-order chi connectivity index (χ1) is 17.3. The Hall–Kier alpha value is -4.67. The zero-order valence-electron chi connectivity index (χ0n) is 19.2. The number of carboxylic acids is 1. The predicted octanol–water partition coefficient (Wildman–Crippen LogP) is 2.85. The van der Waals surface area contributed by atoms with Gasteiger partial charge in [-0.05, 0) is 22.3 Å². The summed E-state index contributed by atoms with van der Waals surface area (Å²) in [5, 5.41) is 22.5. The van der Waals surface area contributed by atoms with Crippen molar-refractivity contribution in [2.45, 2.75) is 12.5 Å². The SMILES string of the molecule is O=C(O)CN(CCNC(=O)OCC1c2ccccc2-c2ccccc21)C(=O)Cn1ccc([N+](=O)[O-])c1. The predicted molar refractivity (Wildman–Crippen MR) is 128 cm³/mol. The Kier molecular flexibility index (Phi) is 7.28. The molecule has 11 nitrogen and oxygen atoms in total. The average molecular weight is 492 g/mol. The number of fused-ring (bicyclic) bond motifs is 3. The highest BCUT2D eigenvalue weighted by molar-refractivity contribution is 5.81. The summed E-state index contributed by atoms with van der Waals surface area (Å²) in [5.74, 6) is -1.88. The standard InChI is InChI=1S/C25H24N4O7/c30-23(14-27-11-9-17(13-27)29(34)35)28(15-24(31)32)12-10-26-25(33)36-16-22-20-7-3-1-5-18(20)19-6-2-4-8-21(19)22/h1-9,11,13,22H,10,12,14-16H2,(H,26,33)(H,31,32). The first kappa shape index (κ1) is 24.5. The highest BCUT2D eigenvalue weighted by Crippen LogP contribution is 2.44. The van der Waals surface area contributed by atoms with Crippen molar-refractivity contribution in [1.82, 2.24) is 14.8 Å². The lowest BCUT2D eigenvalue weighted by Gasteiger charge is -2.21. The van der Waals surface area contributed by atoms with E-state index in [2.05, 4.69) is 5.32 Å². The van der Waals surface area contributed by atoms with Gasteiger partial charge in [-0.1, -0.05) is 48.5 Å². The van der Waals surface area contributed by atoms with Crippen molar-refractivity contribution in [1.29, 1.82) is 0 Å². The van der Waals surface area contributed by atoms with Gasteiger partial charge in [-0.25, -0.2) is 4.79 Å². The molecule has 0 spiro atoms. The second-order valence-corrected chi connectivity index (χ2v) is 8.26. The number of carboxylic acid groups (broad SMARTS) is 1.